The third-order valence-electron chi connectivity index (χ3n) is 5.64. The first kappa shape index (κ1) is 24.5. The number of fused-ring (bicyclic) bond motifs is 1. The van der Waals surface area contributed by atoms with Crippen molar-refractivity contribution in [3.63, 3.8) is 0 Å². The monoisotopic (exact) mass is 571 g/mol. The molecule has 182 valence electrons. The number of nitrogens with zero attached hydrogens (tertiary/aromatic N) is 1. The third kappa shape index (κ3) is 5.33. The van der Waals surface area contributed by atoms with Gasteiger partial charge >= 0.3 is 5.97 Å². The van der Waals surface area contributed by atoms with Crippen LogP contribution in [0.4, 0.5) is 0 Å². The largest absolute Gasteiger partial charge is 0.422 e. The Morgan fingerprint density at radius 2 is 1.65 bits per heavy atom. The molecular weight excluding hydrogens is 554 g/mol. The molecule has 0 saturated heterocycles. The van der Waals surface area contributed by atoms with Crippen LogP contribution in [0.3, 0.4) is 0 Å². The lowest BCUT2D eigenvalue weighted by Crippen LogP contribution is -2.19. The number of esters is 1. The van der Waals surface area contributed by atoms with E-state index in [4.69, 9.17) is 16.3 Å². The summed E-state index contributed by atoms with van der Waals surface area (Å²) in [6.07, 6.45) is 1.43. The molecule has 37 heavy (non-hydrogen) atoms. The molecule has 5 rings (SSSR count). The van der Waals surface area contributed by atoms with Gasteiger partial charge in [-0.25, -0.2) is 10.2 Å². The summed E-state index contributed by atoms with van der Waals surface area (Å²) in [5.74, 6) is -0.717. The molecule has 1 amide bonds. The van der Waals surface area contributed by atoms with Crippen LogP contribution >= 0.6 is 27.5 Å². The lowest BCUT2D eigenvalue weighted by molar-refractivity contribution is 0.0734. The average molecular weight is 573 g/mol. The van der Waals surface area contributed by atoms with Gasteiger partial charge in [-0.15, -0.1) is 0 Å². The Labute approximate surface area is 226 Å². The van der Waals surface area contributed by atoms with Crippen molar-refractivity contribution in [1.82, 2.24) is 10.4 Å². The molecule has 1 heterocycles. The van der Waals surface area contributed by atoms with E-state index < -0.39 is 11.9 Å². The highest BCUT2D eigenvalue weighted by atomic mass is 79.9. The highest BCUT2D eigenvalue weighted by molar-refractivity contribution is 9.10. The second kappa shape index (κ2) is 10.8. The molecule has 2 N–H and O–H groups in total. The molecule has 4 aromatic carbocycles. The first-order valence-electron chi connectivity index (χ1n) is 11.3. The van der Waals surface area contributed by atoms with Crippen LogP contribution < -0.4 is 10.2 Å². The minimum atomic E-state index is -0.591. The van der Waals surface area contributed by atoms with Crippen LogP contribution in [0.25, 0.3) is 22.0 Å². The number of amides is 1. The molecule has 1 aromatic heterocycles. The van der Waals surface area contributed by atoms with Crippen LogP contribution in [0.1, 0.15) is 26.4 Å². The maximum Gasteiger partial charge on any atom is 0.345 e. The van der Waals surface area contributed by atoms with E-state index in [1.165, 1.54) is 6.21 Å². The van der Waals surface area contributed by atoms with Crippen LogP contribution in [0, 0.1) is 0 Å². The number of rotatable bonds is 6. The zero-order valence-corrected chi connectivity index (χ0v) is 21.6. The van der Waals surface area contributed by atoms with Crippen molar-refractivity contribution in [3.05, 3.63) is 123 Å². The molecule has 5 aromatic rings. The summed E-state index contributed by atoms with van der Waals surface area (Å²) in [5.41, 5.74) is 6.23. The number of carbonyl (C=O) groups is 2. The summed E-state index contributed by atoms with van der Waals surface area (Å²) < 4.78 is 6.45. The van der Waals surface area contributed by atoms with Crippen molar-refractivity contribution in [2.75, 3.05) is 0 Å². The number of aromatic nitrogens is 1. The summed E-state index contributed by atoms with van der Waals surface area (Å²) in [6, 6.07) is 29.0. The maximum atomic E-state index is 13.2. The average Bonchev–Trinajstić information content (AvgIpc) is 3.29. The van der Waals surface area contributed by atoms with Crippen molar-refractivity contribution < 1.29 is 14.3 Å². The predicted molar refractivity (Wildman–Crippen MR) is 149 cm³/mol. The molecule has 0 unspecified atom stereocenters. The Kier molecular flexibility index (Phi) is 7.16. The van der Waals surface area contributed by atoms with Gasteiger partial charge in [0.1, 0.15) is 11.4 Å². The van der Waals surface area contributed by atoms with Gasteiger partial charge in [0.15, 0.2) is 0 Å². The normalized spacial score (nSPS) is 11.1. The first-order valence-corrected chi connectivity index (χ1v) is 12.4. The summed E-state index contributed by atoms with van der Waals surface area (Å²) in [5, 5.41) is 5.33. The maximum absolute atomic E-state index is 13.2. The lowest BCUT2D eigenvalue weighted by atomic mass is 10.0. The summed E-state index contributed by atoms with van der Waals surface area (Å²) in [7, 11) is 0. The molecule has 0 saturated carbocycles. The Morgan fingerprint density at radius 3 is 2.46 bits per heavy atom. The van der Waals surface area contributed by atoms with E-state index in [0.717, 1.165) is 26.5 Å². The van der Waals surface area contributed by atoms with Gasteiger partial charge in [0.05, 0.1) is 16.8 Å². The Hall–Kier alpha value is -4.20. The molecule has 0 aliphatic carbocycles. The molecule has 0 radical (unpaired) electrons. The molecule has 6 nitrogen and oxygen atoms in total. The van der Waals surface area contributed by atoms with Crippen LogP contribution in [0.15, 0.2) is 107 Å². The molecule has 0 fully saturated rings. The number of benzene rings is 4. The van der Waals surface area contributed by atoms with Crippen molar-refractivity contribution in [1.29, 1.82) is 0 Å². The van der Waals surface area contributed by atoms with E-state index in [9.17, 15) is 9.59 Å². The fraction of sp³-hybridized carbons (Fsp3) is 0. The number of carbonyl (C=O) groups excluding carboxylic acids is 2. The van der Waals surface area contributed by atoms with E-state index in [1.807, 2.05) is 48.5 Å². The van der Waals surface area contributed by atoms with E-state index >= 15 is 0 Å². The Bertz CT molecular complexity index is 1650. The quantitative estimate of drug-likeness (QED) is 0.0974. The molecule has 0 aliphatic heterocycles. The van der Waals surface area contributed by atoms with Crippen LogP contribution in [0.2, 0.25) is 5.02 Å². The number of ether oxygens (including phenoxy) is 1. The SMILES string of the molecule is O=C(Oc1ccccc1C=NNC(=O)c1[nH]c2ccc(Br)cc2c1-c1ccccc1)c1ccccc1Cl. The molecule has 8 heteroatoms. The first-order chi connectivity index (χ1) is 18.0. The van der Waals surface area contributed by atoms with Gasteiger partial charge in [-0.3, -0.25) is 4.79 Å². The number of halogens is 2. The number of aromatic amines is 1. The third-order valence-corrected chi connectivity index (χ3v) is 6.46. The van der Waals surface area contributed by atoms with Crippen molar-refractivity contribution in [2.24, 2.45) is 5.10 Å². The minimum Gasteiger partial charge on any atom is -0.422 e. The standard InChI is InChI=1S/C29H19BrClN3O3/c30-20-14-15-24-22(16-20)26(18-8-2-1-3-9-18)27(33-24)28(35)34-32-17-19-10-4-7-13-25(19)37-29(36)21-11-5-6-12-23(21)31/h1-17,33H,(H,34,35). The number of hydrogen-bond donors (Lipinski definition) is 2. The van der Waals surface area contributed by atoms with Gasteiger partial charge in [-0.05, 0) is 48.0 Å². The van der Waals surface area contributed by atoms with Crippen molar-refractivity contribution in [2.45, 2.75) is 0 Å². The summed E-state index contributed by atoms with van der Waals surface area (Å²) >= 11 is 9.63. The highest BCUT2D eigenvalue weighted by Crippen LogP contribution is 2.34. The summed E-state index contributed by atoms with van der Waals surface area (Å²) in [6.45, 7) is 0. The van der Waals surface area contributed by atoms with Gasteiger partial charge < -0.3 is 9.72 Å². The Balaban J connectivity index is 1.40. The van der Waals surface area contributed by atoms with Crippen molar-refractivity contribution >= 4 is 56.5 Å². The van der Waals surface area contributed by atoms with Crippen molar-refractivity contribution in [3.8, 4) is 16.9 Å². The molecule has 0 aliphatic rings. The second-order valence-electron chi connectivity index (χ2n) is 8.04. The van der Waals surface area contributed by atoms with Crippen LogP contribution in [-0.4, -0.2) is 23.1 Å². The molecule has 0 spiro atoms. The van der Waals surface area contributed by atoms with E-state index in [1.54, 1.807) is 48.5 Å². The predicted octanol–water partition coefficient (Wildman–Crippen LogP) is 7.23. The second-order valence-corrected chi connectivity index (χ2v) is 9.36. The smallest absolute Gasteiger partial charge is 0.345 e. The van der Waals surface area contributed by atoms with E-state index in [-0.39, 0.29) is 11.3 Å². The topological polar surface area (TPSA) is 83.5 Å². The van der Waals surface area contributed by atoms with Crippen LogP contribution in [-0.2, 0) is 0 Å². The fourth-order valence-corrected chi connectivity index (χ4v) is 4.49. The van der Waals surface area contributed by atoms with E-state index in [0.29, 0.717) is 16.3 Å². The number of H-pyrrole nitrogens is 1. The number of nitrogens with one attached hydrogen (secondary N) is 2. The molecule has 0 bridgehead atoms. The number of hydrazone groups is 1. The zero-order valence-electron chi connectivity index (χ0n) is 19.2. The van der Waals surface area contributed by atoms with Gasteiger partial charge in [0.25, 0.3) is 5.91 Å². The van der Waals surface area contributed by atoms with Gasteiger partial charge in [0.2, 0.25) is 0 Å². The van der Waals surface area contributed by atoms with Gasteiger partial charge in [0, 0.05) is 26.5 Å². The minimum absolute atomic E-state index is 0.253. The van der Waals surface area contributed by atoms with Crippen LogP contribution in [0.5, 0.6) is 5.75 Å². The molecule has 0 atom stereocenters. The fourth-order valence-electron chi connectivity index (χ4n) is 3.92. The highest BCUT2D eigenvalue weighted by Gasteiger charge is 2.19. The summed E-state index contributed by atoms with van der Waals surface area (Å²) in [4.78, 5) is 29.0. The van der Waals surface area contributed by atoms with Gasteiger partial charge in [-0.1, -0.05) is 82.1 Å². The van der Waals surface area contributed by atoms with E-state index in [2.05, 4.69) is 31.4 Å². The molecular formula is C29H19BrClN3O3. The van der Waals surface area contributed by atoms with Gasteiger partial charge in [-0.2, -0.15) is 5.10 Å². The Morgan fingerprint density at radius 1 is 0.919 bits per heavy atom. The number of para-hydroxylation sites is 1. The zero-order chi connectivity index (χ0) is 25.8. The number of hydrogen-bond acceptors (Lipinski definition) is 4. The lowest BCUT2D eigenvalue weighted by Gasteiger charge is -2.08.